The molecule has 0 aromatic heterocycles. The van der Waals surface area contributed by atoms with Crippen molar-refractivity contribution in [3.63, 3.8) is 0 Å². The molecule has 0 aliphatic carbocycles. The van der Waals surface area contributed by atoms with E-state index in [-0.39, 0.29) is 11.8 Å². The van der Waals surface area contributed by atoms with Gasteiger partial charge in [0, 0.05) is 46.1 Å². The fraction of sp³-hybridized carbons (Fsp3) is 0.500. The molecule has 0 spiro atoms. The van der Waals surface area contributed by atoms with E-state index in [2.05, 4.69) is 10.0 Å². The Morgan fingerprint density at radius 3 is 2.56 bits per heavy atom. The van der Waals surface area contributed by atoms with Crippen LogP contribution in [0.4, 0.5) is 5.69 Å². The van der Waals surface area contributed by atoms with Gasteiger partial charge in [0.2, 0.25) is 5.91 Å². The second-order valence-electron chi connectivity index (χ2n) is 6.14. The monoisotopic (exact) mass is 344 g/mol. The summed E-state index contributed by atoms with van der Waals surface area (Å²) < 4.78 is 5.70. The Kier molecular flexibility index (Phi) is 5.21. The first-order valence-corrected chi connectivity index (χ1v) is 8.70. The molecule has 1 saturated heterocycles. The van der Waals surface area contributed by atoms with Crippen LogP contribution in [0.1, 0.15) is 19.8 Å². The van der Waals surface area contributed by atoms with Crippen LogP contribution in [0, 0.1) is 0 Å². The highest BCUT2D eigenvalue weighted by Gasteiger charge is 2.28. The van der Waals surface area contributed by atoms with Crippen molar-refractivity contribution in [3.05, 3.63) is 24.3 Å². The second kappa shape index (κ2) is 7.55. The lowest BCUT2D eigenvalue weighted by molar-refractivity contribution is -0.130. The summed E-state index contributed by atoms with van der Waals surface area (Å²) in [7, 11) is 1.59. The molecule has 1 aromatic carbocycles. The van der Waals surface area contributed by atoms with Gasteiger partial charge in [-0.3, -0.25) is 9.59 Å². The molecule has 0 N–H and O–H groups in total. The summed E-state index contributed by atoms with van der Waals surface area (Å²) >= 11 is 0. The first-order chi connectivity index (χ1) is 12.1. The molecule has 25 heavy (non-hydrogen) atoms. The summed E-state index contributed by atoms with van der Waals surface area (Å²) in [5.41, 5.74) is 1.54. The van der Waals surface area contributed by atoms with Gasteiger partial charge in [0.25, 0.3) is 5.91 Å². The summed E-state index contributed by atoms with van der Waals surface area (Å²) in [5.74, 6) is 0.771. The Morgan fingerprint density at radius 2 is 1.88 bits per heavy atom. The first-order valence-electron chi connectivity index (χ1n) is 8.70. The third-order valence-electron chi connectivity index (χ3n) is 4.53. The summed E-state index contributed by atoms with van der Waals surface area (Å²) in [6.07, 6.45) is 0.776. The molecule has 2 aliphatic rings. The van der Waals surface area contributed by atoms with Gasteiger partial charge >= 0.3 is 0 Å². The molecule has 134 valence electrons. The zero-order valence-electron chi connectivity index (χ0n) is 14.8. The normalized spacial score (nSPS) is 18.2. The number of benzene rings is 1. The topological polar surface area (TPSA) is 65.5 Å². The Hall–Kier alpha value is -2.57. The van der Waals surface area contributed by atoms with Gasteiger partial charge in [-0.05, 0) is 19.1 Å². The highest BCUT2D eigenvalue weighted by Crippen LogP contribution is 2.28. The second-order valence-corrected chi connectivity index (χ2v) is 6.14. The molecule has 0 saturated carbocycles. The van der Waals surface area contributed by atoms with Crippen LogP contribution in [0.25, 0.3) is 0 Å². The summed E-state index contributed by atoms with van der Waals surface area (Å²) in [5, 5.41) is 5.40. The van der Waals surface area contributed by atoms with E-state index in [1.165, 1.54) is 5.01 Å². The van der Waals surface area contributed by atoms with E-state index in [0.29, 0.717) is 38.2 Å². The highest BCUT2D eigenvalue weighted by atomic mass is 16.5. The number of ether oxygens (including phenoxy) is 1. The van der Waals surface area contributed by atoms with Crippen LogP contribution in [-0.4, -0.2) is 67.3 Å². The van der Waals surface area contributed by atoms with Crippen LogP contribution < -0.4 is 9.64 Å². The molecule has 7 heteroatoms. The molecular formula is C18H24N4O3. The van der Waals surface area contributed by atoms with Crippen LogP contribution in [0.2, 0.25) is 0 Å². The van der Waals surface area contributed by atoms with Crippen LogP contribution in [0.5, 0.6) is 5.75 Å². The van der Waals surface area contributed by atoms with Gasteiger partial charge in [0.15, 0.2) is 0 Å². The number of para-hydroxylation sites is 2. The number of hydrogen-bond acceptors (Lipinski definition) is 5. The average Bonchev–Trinajstić information content (AvgIpc) is 2.64. The number of amides is 2. The third kappa shape index (κ3) is 3.75. The minimum Gasteiger partial charge on any atom is -0.492 e. The van der Waals surface area contributed by atoms with Gasteiger partial charge in [-0.25, -0.2) is 5.01 Å². The van der Waals surface area contributed by atoms with E-state index in [1.807, 2.05) is 36.1 Å². The van der Waals surface area contributed by atoms with E-state index in [1.54, 1.807) is 7.05 Å². The molecule has 1 aromatic rings. The van der Waals surface area contributed by atoms with Crippen molar-refractivity contribution in [1.29, 1.82) is 0 Å². The summed E-state index contributed by atoms with van der Waals surface area (Å²) in [4.78, 5) is 28.2. The zero-order chi connectivity index (χ0) is 17.8. The van der Waals surface area contributed by atoms with Gasteiger partial charge in [0.05, 0.1) is 12.3 Å². The number of carbonyl (C=O) groups excluding carboxylic acids is 2. The molecule has 0 radical (unpaired) electrons. The minimum atomic E-state index is -0.0582. The smallest absolute Gasteiger partial charge is 0.270 e. The average molecular weight is 344 g/mol. The van der Waals surface area contributed by atoms with Crippen molar-refractivity contribution in [2.45, 2.75) is 19.8 Å². The predicted octanol–water partition coefficient (Wildman–Crippen LogP) is 1.34. The lowest BCUT2D eigenvalue weighted by Crippen LogP contribution is -2.51. The van der Waals surface area contributed by atoms with Crippen molar-refractivity contribution in [1.82, 2.24) is 9.91 Å². The number of carbonyl (C=O) groups is 2. The molecule has 2 heterocycles. The maximum absolute atomic E-state index is 12.6. The highest BCUT2D eigenvalue weighted by molar-refractivity contribution is 6.39. The van der Waals surface area contributed by atoms with Crippen LogP contribution >= 0.6 is 0 Å². The van der Waals surface area contributed by atoms with Gasteiger partial charge in [0.1, 0.15) is 11.5 Å². The quantitative estimate of drug-likeness (QED) is 0.827. The Balaban J connectivity index is 1.63. The van der Waals surface area contributed by atoms with Crippen molar-refractivity contribution in [3.8, 4) is 5.75 Å². The van der Waals surface area contributed by atoms with Crippen LogP contribution in [0.3, 0.4) is 0 Å². The fourth-order valence-electron chi connectivity index (χ4n) is 3.15. The Labute approximate surface area is 147 Å². The van der Waals surface area contributed by atoms with E-state index in [9.17, 15) is 9.59 Å². The van der Waals surface area contributed by atoms with Gasteiger partial charge in [-0.15, -0.1) is 0 Å². The van der Waals surface area contributed by atoms with Crippen molar-refractivity contribution in [2.75, 3.05) is 44.7 Å². The van der Waals surface area contributed by atoms with Crippen molar-refractivity contribution in [2.24, 2.45) is 5.10 Å². The molecule has 2 aliphatic heterocycles. The predicted molar refractivity (Wildman–Crippen MR) is 95.8 cm³/mol. The van der Waals surface area contributed by atoms with Crippen LogP contribution in [0.15, 0.2) is 29.4 Å². The minimum absolute atomic E-state index is 0.0473. The first kappa shape index (κ1) is 17.3. The summed E-state index contributed by atoms with van der Waals surface area (Å²) in [6.45, 7) is 5.36. The maximum atomic E-state index is 12.6. The molecular weight excluding hydrogens is 320 g/mol. The molecule has 3 rings (SSSR count). The number of hydrogen-bond donors (Lipinski definition) is 0. The molecule has 2 amide bonds. The summed E-state index contributed by atoms with van der Waals surface area (Å²) in [6, 6.07) is 7.99. The molecule has 7 nitrogen and oxygen atoms in total. The standard InChI is InChI=1S/C18H24N4O3/c1-3-25-16-7-5-4-6-15(16)21-10-12-22(13-11-21)18(24)14-8-9-17(23)20(2)19-14/h4-7H,3,8-13H2,1-2H3. The van der Waals surface area contributed by atoms with Crippen LogP contribution in [-0.2, 0) is 9.59 Å². The van der Waals surface area contributed by atoms with Gasteiger partial charge < -0.3 is 14.5 Å². The molecule has 0 atom stereocenters. The lowest BCUT2D eigenvalue weighted by Gasteiger charge is -2.37. The molecule has 0 bridgehead atoms. The van der Waals surface area contributed by atoms with E-state index >= 15 is 0 Å². The molecule has 0 unspecified atom stereocenters. The largest absolute Gasteiger partial charge is 0.492 e. The number of anilines is 1. The zero-order valence-corrected chi connectivity index (χ0v) is 14.8. The third-order valence-corrected chi connectivity index (χ3v) is 4.53. The number of rotatable bonds is 4. The molecule has 1 fully saturated rings. The van der Waals surface area contributed by atoms with Gasteiger partial charge in [-0.2, -0.15) is 5.10 Å². The lowest BCUT2D eigenvalue weighted by atomic mass is 10.1. The number of nitrogens with zero attached hydrogens (tertiary/aromatic N) is 4. The fourth-order valence-corrected chi connectivity index (χ4v) is 3.15. The van der Waals surface area contributed by atoms with Crippen molar-refractivity contribution < 1.29 is 14.3 Å². The Bertz CT molecular complexity index is 681. The van der Waals surface area contributed by atoms with Gasteiger partial charge in [-0.1, -0.05) is 12.1 Å². The van der Waals surface area contributed by atoms with Crippen molar-refractivity contribution >= 4 is 23.2 Å². The van der Waals surface area contributed by atoms with E-state index in [0.717, 1.165) is 24.5 Å². The van der Waals surface area contributed by atoms with E-state index < -0.39 is 0 Å². The Morgan fingerprint density at radius 1 is 1.16 bits per heavy atom. The number of hydrazone groups is 1. The number of piperazine rings is 1. The maximum Gasteiger partial charge on any atom is 0.270 e. The SMILES string of the molecule is CCOc1ccccc1N1CCN(C(=O)C2=NN(C)C(=O)CC2)CC1. The van der Waals surface area contributed by atoms with E-state index in [4.69, 9.17) is 4.74 Å².